The van der Waals surface area contributed by atoms with Crippen LogP contribution in [0.4, 0.5) is 0 Å². The lowest BCUT2D eigenvalue weighted by molar-refractivity contribution is 0.0955. The number of aliphatic hydroxyl groups excluding tert-OH is 1. The molecule has 0 radical (unpaired) electrons. The number of nitrogens with one attached hydrogen (secondary N) is 2. The van der Waals surface area contributed by atoms with Crippen molar-refractivity contribution < 1.29 is 18.3 Å². The number of hydrogen-bond acceptors (Lipinski definition) is 4. The van der Waals surface area contributed by atoms with Gasteiger partial charge in [-0.15, -0.1) is 0 Å². The van der Waals surface area contributed by atoms with Crippen LogP contribution < -0.4 is 10.0 Å². The standard InChI is InChI=1S/C12H21N3O4S/c1-4-5-9(16)7-14-20(18,19)10-6-11(12(17)13-2)15(3)8-10/h6,8-9,14,16H,4-5,7H2,1-3H3,(H,13,17). The van der Waals surface area contributed by atoms with Gasteiger partial charge in [-0.05, 0) is 12.5 Å². The average Bonchev–Trinajstić information content (AvgIpc) is 2.79. The van der Waals surface area contributed by atoms with Crippen LogP contribution in [0.5, 0.6) is 0 Å². The summed E-state index contributed by atoms with van der Waals surface area (Å²) in [6.45, 7) is 1.87. The minimum atomic E-state index is -3.73. The van der Waals surface area contributed by atoms with Gasteiger partial charge < -0.3 is 15.0 Å². The average molecular weight is 303 g/mol. The van der Waals surface area contributed by atoms with E-state index in [1.807, 2.05) is 6.92 Å². The molecule has 1 aromatic heterocycles. The Morgan fingerprint density at radius 3 is 2.70 bits per heavy atom. The maximum atomic E-state index is 12.1. The summed E-state index contributed by atoms with van der Waals surface area (Å²) in [6, 6.07) is 1.30. The van der Waals surface area contributed by atoms with E-state index in [2.05, 4.69) is 10.0 Å². The first-order valence-electron chi connectivity index (χ1n) is 6.38. The summed E-state index contributed by atoms with van der Waals surface area (Å²) >= 11 is 0. The van der Waals surface area contributed by atoms with Crippen molar-refractivity contribution in [2.24, 2.45) is 7.05 Å². The summed E-state index contributed by atoms with van der Waals surface area (Å²) in [5, 5.41) is 12.0. The molecule has 0 saturated carbocycles. The van der Waals surface area contributed by atoms with Crippen LogP contribution in [0.1, 0.15) is 30.3 Å². The zero-order chi connectivity index (χ0) is 15.3. The number of nitrogens with zero attached hydrogens (tertiary/aromatic N) is 1. The predicted molar refractivity (Wildman–Crippen MR) is 74.9 cm³/mol. The Hall–Kier alpha value is -1.38. The first-order chi connectivity index (χ1) is 9.31. The van der Waals surface area contributed by atoms with E-state index in [4.69, 9.17) is 0 Å². The van der Waals surface area contributed by atoms with Crippen LogP contribution in [-0.2, 0) is 17.1 Å². The highest BCUT2D eigenvalue weighted by molar-refractivity contribution is 7.89. The van der Waals surface area contributed by atoms with Gasteiger partial charge in [-0.3, -0.25) is 4.79 Å². The van der Waals surface area contributed by atoms with Gasteiger partial charge in [0.1, 0.15) is 10.6 Å². The van der Waals surface area contributed by atoms with Crippen LogP contribution in [0.25, 0.3) is 0 Å². The number of aromatic nitrogens is 1. The van der Waals surface area contributed by atoms with Crippen molar-refractivity contribution in [2.45, 2.75) is 30.8 Å². The van der Waals surface area contributed by atoms with E-state index in [1.54, 1.807) is 7.05 Å². The number of aliphatic hydroxyl groups is 1. The zero-order valence-corrected chi connectivity index (χ0v) is 12.7. The third kappa shape index (κ3) is 4.06. The molecule has 1 amide bonds. The first-order valence-corrected chi connectivity index (χ1v) is 7.86. The summed E-state index contributed by atoms with van der Waals surface area (Å²) in [5.74, 6) is -0.361. The molecule has 0 fully saturated rings. The van der Waals surface area contributed by atoms with Crippen LogP contribution in [0.2, 0.25) is 0 Å². The lowest BCUT2D eigenvalue weighted by atomic mass is 10.2. The number of aryl methyl sites for hydroxylation is 1. The topological polar surface area (TPSA) is 100 Å². The zero-order valence-electron chi connectivity index (χ0n) is 11.9. The largest absolute Gasteiger partial charge is 0.392 e. The molecule has 1 aromatic rings. The number of rotatable bonds is 7. The second-order valence-electron chi connectivity index (χ2n) is 4.55. The lowest BCUT2D eigenvalue weighted by Crippen LogP contribution is -2.31. The number of carbonyl (C=O) groups excluding carboxylic acids is 1. The van der Waals surface area contributed by atoms with Crippen molar-refractivity contribution >= 4 is 15.9 Å². The smallest absolute Gasteiger partial charge is 0.267 e. The van der Waals surface area contributed by atoms with E-state index in [0.29, 0.717) is 6.42 Å². The van der Waals surface area contributed by atoms with Crippen molar-refractivity contribution in [1.82, 2.24) is 14.6 Å². The van der Waals surface area contributed by atoms with Gasteiger partial charge in [-0.1, -0.05) is 13.3 Å². The van der Waals surface area contributed by atoms with E-state index < -0.39 is 16.1 Å². The molecule has 3 N–H and O–H groups in total. The second-order valence-corrected chi connectivity index (χ2v) is 6.31. The Morgan fingerprint density at radius 2 is 2.15 bits per heavy atom. The minimum absolute atomic E-state index is 0.00213. The monoisotopic (exact) mass is 303 g/mol. The van der Waals surface area contributed by atoms with Crippen molar-refractivity contribution in [3.63, 3.8) is 0 Å². The van der Waals surface area contributed by atoms with Crippen LogP contribution in [0.3, 0.4) is 0 Å². The summed E-state index contributed by atoms with van der Waals surface area (Å²) in [4.78, 5) is 11.5. The van der Waals surface area contributed by atoms with Crippen LogP contribution in [0.15, 0.2) is 17.2 Å². The minimum Gasteiger partial charge on any atom is -0.392 e. The van der Waals surface area contributed by atoms with Gasteiger partial charge in [0.25, 0.3) is 5.91 Å². The molecule has 0 aromatic carbocycles. The second kappa shape index (κ2) is 6.87. The van der Waals surface area contributed by atoms with Crippen molar-refractivity contribution in [3.8, 4) is 0 Å². The molecule has 0 spiro atoms. The molecule has 1 unspecified atom stereocenters. The van der Waals surface area contributed by atoms with Gasteiger partial charge in [-0.2, -0.15) is 0 Å². The maximum Gasteiger partial charge on any atom is 0.267 e. The molecule has 0 aliphatic carbocycles. The van der Waals surface area contributed by atoms with Crippen LogP contribution >= 0.6 is 0 Å². The molecule has 0 saturated heterocycles. The molecule has 0 bridgehead atoms. The highest BCUT2D eigenvalue weighted by atomic mass is 32.2. The normalized spacial score (nSPS) is 13.2. The van der Waals surface area contributed by atoms with Gasteiger partial charge in [0.05, 0.1) is 6.10 Å². The Balaban J connectivity index is 2.85. The number of sulfonamides is 1. The van der Waals surface area contributed by atoms with Crippen molar-refractivity contribution in [2.75, 3.05) is 13.6 Å². The van der Waals surface area contributed by atoms with E-state index in [-0.39, 0.29) is 23.0 Å². The Labute approximate surface area is 119 Å². The van der Waals surface area contributed by atoms with E-state index in [9.17, 15) is 18.3 Å². The highest BCUT2D eigenvalue weighted by Gasteiger charge is 2.20. The first kappa shape index (κ1) is 16.7. The summed E-state index contributed by atoms with van der Waals surface area (Å²) < 4.78 is 27.9. The fraction of sp³-hybridized carbons (Fsp3) is 0.583. The molecule has 1 heterocycles. The number of carbonyl (C=O) groups is 1. The lowest BCUT2D eigenvalue weighted by Gasteiger charge is -2.10. The Kier molecular flexibility index (Phi) is 5.73. The third-order valence-electron chi connectivity index (χ3n) is 2.88. The SMILES string of the molecule is CCCC(O)CNS(=O)(=O)c1cc(C(=O)NC)n(C)c1. The van der Waals surface area contributed by atoms with Gasteiger partial charge in [0, 0.05) is 26.8 Å². The van der Waals surface area contributed by atoms with Crippen LogP contribution in [-0.4, -0.2) is 43.7 Å². The van der Waals surface area contributed by atoms with Crippen LogP contribution in [0, 0.1) is 0 Å². The highest BCUT2D eigenvalue weighted by Crippen LogP contribution is 2.13. The summed E-state index contributed by atoms with van der Waals surface area (Å²) in [6.07, 6.45) is 1.95. The Morgan fingerprint density at radius 1 is 1.50 bits per heavy atom. The van der Waals surface area contributed by atoms with Gasteiger partial charge >= 0.3 is 0 Å². The van der Waals surface area contributed by atoms with E-state index in [1.165, 1.54) is 23.9 Å². The molecule has 1 atom stereocenters. The molecule has 20 heavy (non-hydrogen) atoms. The molecule has 114 valence electrons. The van der Waals surface area contributed by atoms with Crippen molar-refractivity contribution in [1.29, 1.82) is 0 Å². The summed E-state index contributed by atoms with van der Waals surface area (Å²) in [7, 11) is -0.660. The molecular weight excluding hydrogens is 282 g/mol. The molecule has 8 heteroatoms. The number of amides is 1. The van der Waals surface area contributed by atoms with Crippen molar-refractivity contribution in [3.05, 3.63) is 18.0 Å². The molecule has 0 aliphatic rings. The van der Waals surface area contributed by atoms with Gasteiger partial charge in [-0.25, -0.2) is 13.1 Å². The fourth-order valence-electron chi connectivity index (χ4n) is 1.76. The van der Waals surface area contributed by atoms with Gasteiger partial charge in [0.2, 0.25) is 10.0 Å². The maximum absolute atomic E-state index is 12.1. The molecular formula is C12H21N3O4S. The number of hydrogen-bond donors (Lipinski definition) is 3. The summed E-state index contributed by atoms with van der Waals surface area (Å²) in [5.41, 5.74) is 0.252. The quantitative estimate of drug-likeness (QED) is 0.650. The molecule has 7 nitrogen and oxygen atoms in total. The van der Waals surface area contributed by atoms with E-state index in [0.717, 1.165) is 6.42 Å². The fourth-order valence-corrected chi connectivity index (χ4v) is 2.90. The molecule has 0 aliphatic heterocycles. The van der Waals surface area contributed by atoms with Gasteiger partial charge in [0.15, 0.2) is 0 Å². The molecule has 1 rings (SSSR count). The van der Waals surface area contributed by atoms with E-state index >= 15 is 0 Å². The predicted octanol–water partition coefficient (Wildman–Crippen LogP) is -0.176. The Bertz CT molecular complexity index is 565. The third-order valence-corrected chi connectivity index (χ3v) is 4.27.